The van der Waals surface area contributed by atoms with E-state index in [1.165, 1.54) is 19.3 Å². The summed E-state index contributed by atoms with van der Waals surface area (Å²) in [4.78, 5) is 12.5. The van der Waals surface area contributed by atoms with Crippen LogP contribution in [0.3, 0.4) is 0 Å². The smallest absolute Gasteiger partial charge is 0.189 e. The predicted molar refractivity (Wildman–Crippen MR) is 106 cm³/mol. The lowest BCUT2D eigenvalue weighted by atomic mass is 10.2. The molecule has 0 bridgehead atoms. The largest absolute Gasteiger partial charge is 0.496 e. The van der Waals surface area contributed by atoms with E-state index in [2.05, 4.69) is 6.92 Å². The lowest BCUT2D eigenvalue weighted by Crippen LogP contribution is -2.05. The van der Waals surface area contributed by atoms with E-state index in [0.29, 0.717) is 22.9 Å². The lowest BCUT2D eigenvalue weighted by molar-refractivity contribution is 0.108. The van der Waals surface area contributed by atoms with Crippen molar-refractivity contribution in [3.63, 3.8) is 0 Å². The van der Waals surface area contributed by atoms with Crippen molar-refractivity contribution in [1.29, 1.82) is 0 Å². The van der Waals surface area contributed by atoms with Crippen LogP contribution >= 0.6 is 20.2 Å². The number of carbonyl (C=O) groups is 1. The van der Waals surface area contributed by atoms with Crippen LogP contribution < -0.4 is 14.8 Å². The molecule has 2 aromatic rings. The standard InChI is InChI=1S/C20H24ClO3P/c1-3-4-5-8-13-24-15-11-12-19(17(21)14-15)25-20(22)16-9-6-7-10-18(16)23-2/h6-7,9-12,14,25H,3-5,8,13H2,1-2H3. The van der Waals surface area contributed by atoms with Crippen LogP contribution in [-0.4, -0.2) is 19.2 Å². The summed E-state index contributed by atoms with van der Waals surface area (Å²) in [5, 5.41) is 1.38. The van der Waals surface area contributed by atoms with Crippen molar-refractivity contribution in [2.24, 2.45) is 0 Å². The van der Waals surface area contributed by atoms with Gasteiger partial charge in [0.25, 0.3) is 0 Å². The van der Waals surface area contributed by atoms with Gasteiger partial charge in [-0.3, -0.25) is 4.79 Å². The number of methoxy groups -OCH3 is 1. The molecule has 2 rings (SSSR count). The van der Waals surface area contributed by atoms with E-state index in [4.69, 9.17) is 21.1 Å². The fourth-order valence-corrected chi connectivity index (χ4v) is 3.68. The molecule has 0 fully saturated rings. The average Bonchev–Trinajstić information content (AvgIpc) is 2.63. The Hall–Kier alpha value is -1.57. The van der Waals surface area contributed by atoms with Gasteiger partial charge in [0.1, 0.15) is 11.5 Å². The van der Waals surface area contributed by atoms with Gasteiger partial charge in [-0.05, 0) is 50.6 Å². The van der Waals surface area contributed by atoms with Crippen molar-refractivity contribution < 1.29 is 14.3 Å². The first-order valence-corrected chi connectivity index (χ1v) is 9.90. The first-order valence-electron chi connectivity index (χ1n) is 8.52. The molecule has 0 aromatic heterocycles. The SMILES string of the molecule is CCCCCCOc1ccc(PC(=O)c2ccccc2OC)c(Cl)c1. The number of halogens is 1. The van der Waals surface area contributed by atoms with Gasteiger partial charge in [0.2, 0.25) is 0 Å². The quantitative estimate of drug-likeness (QED) is 0.407. The van der Waals surface area contributed by atoms with Gasteiger partial charge in [-0.1, -0.05) is 49.9 Å². The van der Waals surface area contributed by atoms with Crippen LogP contribution in [-0.2, 0) is 0 Å². The van der Waals surface area contributed by atoms with Gasteiger partial charge in [0.15, 0.2) is 5.52 Å². The normalized spacial score (nSPS) is 11.0. The molecule has 0 aliphatic rings. The Bertz CT molecular complexity index is 703. The van der Waals surface area contributed by atoms with Crippen molar-refractivity contribution in [1.82, 2.24) is 0 Å². The highest BCUT2D eigenvalue weighted by Gasteiger charge is 2.14. The minimum Gasteiger partial charge on any atom is -0.496 e. The monoisotopic (exact) mass is 378 g/mol. The third-order valence-corrected chi connectivity index (χ3v) is 5.48. The van der Waals surface area contributed by atoms with Crippen LogP contribution in [0.4, 0.5) is 0 Å². The summed E-state index contributed by atoms with van der Waals surface area (Å²) in [7, 11) is 1.51. The Kier molecular flexibility index (Phi) is 8.24. The molecule has 1 atom stereocenters. The van der Waals surface area contributed by atoms with Crippen LogP contribution in [0.1, 0.15) is 43.0 Å². The number of hydrogen-bond donors (Lipinski definition) is 0. The van der Waals surface area contributed by atoms with E-state index in [1.54, 1.807) is 25.3 Å². The first kappa shape index (κ1) is 19.8. The van der Waals surface area contributed by atoms with Gasteiger partial charge in [-0.15, -0.1) is 0 Å². The van der Waals surface area contributed by atoms with Crippen LogP contribution in [0.5, 0.6) is 11.5 Å². The zero-order valence-corrected chi connectivity index (χ0v) is 16.4. The Morgan fingerprint density at radius 1 is 1.12 bits per heavy atom. The maximum atomic E-state index is 12.5. The fourth-order valence-electron chi connectivity index (χ4n) is 2.43. The Morgan fingerprint density at radius 3 is 2.64 bits per heavy atom. The van der Waals surface area contributed by atoms with Crippen molar-refractivity contribution in [2.45, 2.75) is 32.6 Å². The molecule has 0 spiro atoms. The van der Waals surface area contributed by atoms with Crippen molar-refractivity contribution in [3.8, 4) is 11.5 Å². The van der Waals surface area contributed by atoms with Gasteiger partial charge in [-0.25, -0.2) is 0 Å². The van der Waals surface area contributed by atoms with E-state index in [1.807, 2.05) is 24.3 Å². The predicted octanol–water partition coefficient (Wildman–Crippen LogP) is 5.45. The van der Waals surface area contributed by atoms with Gasteiger partial charge in [0.05, 0.1) is 24.3 Å². The molecule has 0 aliphatic heterocycles. The molecule has 0 saturated carbocycles. The molecule has 0 heterocycles. The van der Waals surface area contributed by atoms with Gasteiger partial charge in [-0.2, -0.15) is 0 Å². The number of benzene rings is 2. The number of hydrogen-bond acceptors (Lipinski definition) is 3. The second-order valence-electron chi connectivity index (χ2n) is 5.71. The number of ether oxygens (including phenoxy) is 2. The zero-order valence-electron chi connectivity index (χ0n) is 14.7. The summed E-state index contributed by atoms with van der Waals surface area (Å²) in [6, 6.07) is 12.8. The highest BCUT2D eigenvalue weighted by molar-refractivity contribution is 7.66. The molecule has 134 valence electrons. The van der Waals surface area contributed by atoms with Crippen LogP contribution in [0.2, 0.25) is 5.02 Å². The van der Waals surface area contributed by atoms with Crippen LogP contribution in [0.25, 0.3) is 0 Å². The van der Waals surface area contributed by atoms with Crippen LogP contribution in [0.15, 0.2) is 42.5 Å². The van der Waals surface area contributed by atoms with E-state index in [-0.39, 0.29) is 14.1 Å². The minimum atomic E-state index is -0.0539. The second kappa shape index (κ2) is 10.4. The summed E-state index contributed by atoms with van der Waals surface area (Å²) in [6.45, 7) is 2.88. The molecule has 0 radical (unpaired) electrons. The maximum absolute atomic E-state index is 12.5. The third-order valence-electron chi connectivity index (χ3n) is 3.81. The average molecular weight is 379 g/mol. The molecule has 0 saturated heterocycles. The lowest BCUT2D eigenvalue weighted by Gasteiger charge is -2.10. The van der Waals surface area contributed by atoms with Gasteiger partial charge in [0, 0.05) is 0 Å². The first-order chi connectivity index (χ1) is 12.2. The Morgan fingerprint density at radius 2 is 1.92 bits per heavy atom. The Labute approximate surface area is 156 Å². The molecular formula is C20H24ClO3P. The summed E-state index contributed by atoms with van der Waals surface area (Å²) in [6.07, 6.45) is 4.66. The number of carbonyl (C=O) groups excluding carboxylic acids is 1. The summed E-state index contributed by atoms with van der Waals surface area (Å²) in [5.74, 6) is 1.34. The fraction of sp³-hybridized carbons (Fsp3) is 0.350. The van der Waals surface area contributed by atoms with Gasteiger partial charge >= 0.3 is 0 Å². The molecule has 0 N–H and O–H groups in total. The highest BCUT2D eigenvalue weighted by Crippen LogP contribution is 2.29. The van der Waals surface area contributed by atoms with Crippen molar-refractivity contribution in [2.75, 3.05) is 13.7 Å². The molecule has 0 aliphatic carbocycles. The topological polar surface area (TPSA) is 35.5 Å². The molecular weight excluding hydrogens is 355 g/mol. The summed E-state index contributed by atoms with van der Waals surface area (Å²) in [5.41, 5.74) is 0.586. The van der Waals surface area contributed by atoms with Crippen molar-refractivity contribution in [3.05, 3.63) is 53.1 Å². The third kappa shape index (κ3) is 6.02. The Balaban J connectivity index is 1.97. The summed E-state index contributed by atoms with van der Waals surface area (Å²) < 4.78 is 11.0. The molecule has 1 unspecified atom stereocenters. The van der Waals surface area contributed by atoms with E-state index in [0.717, 1.165) is 17.5 Å². The molecule has 3 nitrogen and oxygen atoms in total. The molecule has 5 heteroatoms. The van der Waals surface area contributed by atoms with Gasteiger partial charge < -0.3 is 9.47 Å². The highest BCUT2D eigenvalue weighted by atomic mass is 35.5. The number of para-hydroxylation sites is 1. The maximum Gasteiger partial charge on any atom is 0.189 e. The van der Waals surface area contributed by atoms with E-state index < -0.39 is 0 Å². The molecule has 2 aromatic carbocycles. The summed E-state index contributed by atoms with van der Waals surface area (Å²) >= 11 is 6.34. The minimum absolute atomic E-state index is 0.00702. The van der Waals surface area contributed by atoms with E-state index >= 15 is 0 Å². The zero-order chi connectivity index (χ0) is 18.1. The number of unbranched alkanes of at least 4 members (excludes halogenated alkanes) is 3. The van der Waals surface area contributed by atoms with E-state index in [9.17, 15) is 4.79 Å². The second-order valence-corrected chi connectivity index (χ2v) is 7.36. The molecule has 0 amide bonds. The molecule has 25 heavy (non-hydrogen) atoms. The van der Waals surface area contributed by atoms with Crippen molar-refractivity contribution >= 4 is 31.0 Å². The van der Waals surface area contributed by atoms with Crippen LogP contribution in [0, 0.1) is 0 Å². The number of rotatable bonds is 10.